The Labute approximate surface area is 125 Å². The van der Waals surface area contributed by atoms with Crippen LogP contribution in [0.15, 0.2) is 47.0 Å². The van der Waals surface area contributed by atoms with Crippen molar-refractivity contribution in [3.8, 4) is 6.07 Å². The third-order valence-electron chi connectivity index (χ3n) is 3.87. The molecule has 1 aliphatic heterocycles. The van der Waals surface area contributed by atoms with E-state index < -0.39 is 11.6 Å². The molecule has 0 radical (unpaired) electrons. The van der Waals surface area contributed by atoms with Gasteiger partial charge in [-0.15, -0.1) is 0 Å². The Morgan fingerprint density at radius 3 is 2.71 bits per heavy atom. The number of rotatable bonds is 7. The van der Waals surface area contributed by atoms with Crippen LogP contribution in [0.1, 0.15) is 24.8 Å². The maximum Gasteiger partial charge on any atom is 0.0858 e. The number of hydrogen-bond donors (Lipinski definition) is 2. The molecule has 0 aromatic heterocycles. The van der Waals surface area contributed by atoms with E-state index in [2.05, 4.69) is 23.2 Å². The lowest BCUT2D eigenvalue weighted by Crippen LogP contribution is -2.34. The Hall–Kier alpha value is -1.96. The van der Waals surface area contributed by atoms with Crippen molar-refractivity contribution >= 4 is 6.21 Å². The second-order valence-corrected chi connectivity index (χ2v) is 5.36. The molecule has 4 heteroatoms. The summed E-state index contributed by atoms with van der Waals surface area (Å²) >= 11 is 0. The number of nitriles is 1. The van der Waals surface area contributed by atoms with Crippen LogP contribution in [0.2, 0.25) is 0 Å². The predicted octanol–water partition coefficient (Wildman–Crippen LogP) is 2.03. The van der Waals surface area contributed by atoms with E-state index >= 15 is 0 Å². The highest BCUT2D eigenvalue weighted by molar-refractivity contribution is 5.77. The van der Waals surface area contributed by atoms with Gasteiger partial charge in [0.1, 0.15) is 0 Å². The van der Waals surface area contributed by atoms with E-state index in [1.807, 2.05) is 24.3 Å². The van der Waals surface area contributed by atoms with E-state index in [4.69, 9.17) is 10.4 Å². The van der Waals surface area contributed by atoms with E-state index in [0.717, 1.165) is 12.0 Å². The molecule has 0 amide bonds. The minimum Gasteiger partial charge on any atom is -0.394 e. The van der Waals surface area contributed by atoms with Crippen molar-refractivity contribution < 1.29 is 10.2 Å². The van der Waals surface area contributed by atoms with Gasteiger partial charge in [0.2, 0.25) is 0 Å². The maximum absolute atomic E-state index is 9.83. The number of allylic oxidation sites excluding steroid dienone is 1. The van der Waals surface area contributed by atoms with Gasteiger partial charge in [0, 0.05) is 19.1 Å². The van der Waals surface area contributed by atoms with Gasteiger partial charge in [0.25, 0.3) is 0 Å². The molecule has 110 valence electrons. The molecule has 0 saturated heterocycles. The van der Waals surface area contributed by atoms with E-state index in [1.54, 1.807) is 6.21 Å². The quantitative estimate of drug-likeness (QED) is 0.804. The molecular formula is C17H20N2O2. The Bertz CT molecular complexity index is 560. The van der Waals surface area contributed by atoms with Gasteiger partial charge in [-0.25, -0.2) is 0 Å². The van der Waals surface area contributed by atoms with Crippen LogP contribution in [-0.2, 0) is 6.42 Å². The molecule has 0 saturated carbocycles. The average molecular weight is 284 g/mol. The van der Waals surface area contributed by atoms with Crippen molar-refractivity contribution in [2.24, 2.45) is 4.99 Å². The molecule has 1 aromatic carbocycles. The number of nitrogens with zero attached hydrogens (tertiary/aromatic N) is 2. The molecule has 4 nitrogen and oxygen atoms in total. The van der Waals surface area contributed by atoms with E-state index in [-0.39, 0.29) is 6.61 Å². The fraction of sp³-hybridized carbons (Fsp3) is 0.412. The Morgan fingerprint density at radius 1 is 1.29 bits per heavy atom. The fourth-order valence-electron chi connectivity index (χ4n) is 2.78. The van der Waals surface area contributed by atoms with Crippen LogP contribution in [0.25, 0.3) is 0 Å². The summed E-state index contributed by atoms with van der Waals surface area (Å²) in [6.45, 7) is -0.289. The summed E-state index contributed by atoms with van der Waals surface area (Å²) in [6, 6.07) is 12.2. The Morgan fingerprint density at radius 2 is 2.05 bits per heavy atom. The van der Waals surface area contributed by atoms with E-state index in [0.29, 0.717) is 19.3 Å². The lowest BCUT2D eigenvalue weighted by atomic mass is 9.79. The van der Waals surface area contributed by atoms with Crippen molar-refractivity contribution in [2.45, 2.75) is 37.3 Å². The molecule has 1 aromatic rings. The molecule has 2 rings (SSSR count). The zero-order valence-corrected chi connectivity index (χ0v) is 11.9. The first kappa shape index (κ1) is 15.4. The van der Waals surface area contributed by atoms with Crippen LogP contribution in [0, 0.1) is 11.3 Å². The SMILES string of the molecule is N#CCCC1(CC(O)CO)N=CC=C1Cc1ccccc1. The summed E-state index contributed by atoms with van der Waals surface area (Å²) in [4.78, 5) is 4.53. The molecule has 0 aliphatic carbocycles. The lowest BCUT2D eigenvalue weighted by molar-refractivity contribution is 0.0724. The summed E-state index contributed by atoms with van der Waals surface area (Å²) in [7, 11) is 0. The van der Waals surface area contributed by atoms with Gasteiger partial charge in [0.05, 0.1) is 24.3 Å². The molecule has 2 N–H and O–H groups in total. The summed E-state index contributed by atoms with van der Waals surface area (Å²) in [5.41, 5.74) is 1.71. The molecule has 0 bridgehead atoms. The Kier molecular flexibility index (Phi) is 5.26. The average Bonchev–Trinajstić information content (AvgIpc) is 2.89. The van der Waals surface area contributed by atoms with Crippen molar-refractivity contribution in [1.82, 2.24) is 0 Å². The van der Waals surface area contributed by atoms with Gasteiger partial charge < -0.3 is 10.2 Å². The molecule has 0 fully saturated rings. The van der Waals surface area contributed by atoms with Crippen molar-refractivity contribution in [3.05, 3.63) is 47.5 Å². The highest BCUT2D eigenvalue weighted by Gasteiger charge is 2.37. The number of aliphatic imine (C=N–C) groups is 1. The van der Waals surface area contributed by atoms with Crippen molar-refractivity contribution in [1.29, 1.82) is 5.26 Å². The third-order valence-corrected chi connectivity index (χ3v) is 3.87. The van der Waals surface area contributed by atoms with Gasteiger partial charge in [-0.1, -0.05) is 30.3 Å². The monoisotopic (exact) mass is 284 g/mol. The van der Waals surface area contributed by atoms with Crippen LogP contribution < -0.4 is 0 Å². The smallest absolute Gasteiger partial charge is 0.0858 e. The van der Waals surface area contributed by atoms with Crippen LogP contribution in [0.5, 0.6) is 0 Å². The first-order chi connectivity index (χ1) is 10.2. The summed E-state index contributed by atoms with van der Waals surface area (Å²) in [5, 5.41) is 27.8. The first-order valence-electron chi connectivity index (χ1n) is 7.15. The molecule has 2 unspecified atom stereocenters. The third kappa shape index (κ3) is 3.78. The van der Waals surface area contributed by atoms with Gasteiger partial charge >= 0.3 is 0 Å². The second-order valence-electron chi connectivity index (χ2n) is 5.36. The maximum atomic E-state index is 9.83. The van der Waals surface area contributed by atoms with E-state index in [1.165, 1.54) is 5.56 Å². The molecular weight excluding hydrogens is 264 g/mol. The largest absolute Gasteiger partial charge is 0.394 e. The fourth-order valence-corrected chi connectivity index (χ4v) is 2.78. The molecule has 21 heavy (non-hydrogen) atoms. The molecule has 2 atom stereocenters. The normalized spacial score (nSPS) is 21.9. The number of hydrogen-bond acceptors (Lipinski definition) is 4. The summed E-state index contributed by atoms with van der Waals surface area (Å²) in [5.74, 6) is 0. The lowest BCUT2D eigenvalue weighted by Gasteiger charge is -2.31. The summed E-state index contributed by atoms with van der Waals surface area (Å²) in [6.07, 6.45) is 4.93. The van der Waals surface area contributed by atoms with Gasteiger partial charge in [-0.2, -0.15) is 5.26 Å². The minimum atomic E-state index is -0.821. The van der Waals surface area contributed by atoms with Crippen LogP contribution in [-0.4, -0.2) is 34.7 Å². The highest BCUT2D eigenvalue weighted by Crippen LogP contribution is 2.37. The van der Waals surface area contributed by atoms with Gasteiger partial charge in [-0.05, 0) is 30.1 Å². The molecule has 0 spiro atoms. The van der Waals surface area contributed by atoms with Gasteiger partial charge in [0.15, 0.2) is 0 Å². The number of aliphatic hydroxyl groups is 2. The Balaban J connectivity index is 2.19. The topological polar surface area (TPSA) is 76.6 Å². The van der Waals surface area contributed by atoms with E-state index in [9.17, 15) is 5.11 Å². The predicted molar refractivity (Wildman–Crippen MR) is 82.0 cm³/mol. The second kappa shape index (κ2) is 7.16. The number of aliphatic hydroxyl groups excluding tert-OH is 2. The zero-order chi connectivity index (χ0) is 15.1. The van der Waals surface area contributed by atoms with Crippen molar-refractivity contribution in [3.63, 3.8) is 0 Å². The number of benzene rings is 1. The first-order valence-corrected chi connectivity index (χ1v) is 7.15. The van der Waals surface area contributed by atoms with Crippen molar-refractivity contribution in [2.75, 3.05) is 6.61 Å². The minimum absolute atomic E-state index is 0.289. The summed E-state index contributed by atoms with van der Waals surface area (Å²) < 4.78 is 0. The van der Waals surface area contributed by atoms with Gasteiger partial charge in [-0.3, -0.25) is 4.99 Å². The standard InChI is InChI=1S/C17H20N2O2/c18-9-4-8-17(12-16(21)13-20)15(7-10-19-17)11-14-5-2-1-3-6-14/h1-3,5-7,10,16,20-21H,4,8,11-13H2. The van der Waals surface area contributed by atoms with Crippen LogP contribution in [0.4, 0.5) is 0 Å². The molecule has 1 heterocycles. The zero-order valence-electron chi connectivity index (χ0n) is 11.9. The van der Waals surface area contributed by atoms with Crippen LogP contribution >= 0.6 is 0 Å². The van der Waals surface area contributed by atoms with Crippen LogP contribution in [0.3, 0.4) is 0 Å². The highest BCUT2D eigenvalue weighted by atomic mass is 16.3. The molecule has 1 aliphatic rings.